The summed E-state index contributed by atoms with van der Waals surface area (Å²) in [5.74, 6) is -1.50. The van der Waals surface area contributed by atoms with E-state index in [0.717, 1.165) is 31.2 Å². The number of hydrogen-bond acceptors (Lipinski definition) is 2. The molecule has 126 valence electrons. The minimum absolute atomic E-state index is 0.190. The molecule has 0 radical (unpaired) electrons. The molecule has 4 nitrogen and oxygen atoms in total. The summed E-state index contributed by atoms with van der Waals surface area (Å²) in [5, 5.41) is 9.29. The average Bonchev–Trinajstić information content (AvgIpc) is 3.00. The maximum atomic E-state index is 13.7. The van der Waals surface area contributed by atoms with Crippen molar-refractivity contribution < 1.29 is 14.3 Å². The van der Waals surface area contributed by atoms with E-state index in [1.807, 2.05) is 6.07 Å². The summed E-state index contributed by atoms with van der Waals surface area (Å²) < 4.78 is 15.2. The number of nitrogens with zero attached hydrogens (tertiary/aromatic N) is 1. The zero-order valence-electron chi connectivity index (χ0n) is 13.6. The van der Waals surface area contributed by atoms with Gasteiger partial charge in [-0.05, 0) is 49.1 Å². The lowest BCUT2D eigenvalue weighted by molar-refractivity contribution is 0.0693. The van der Waals surface area contributed by atoms with E-state index in [1.165, 1.54) is 16.7 Å². The van der Waals surface area contributed by atoms with Crippen LogP contribution in [-0.2, 0) is 12.0 Å². The van der Waals surface area contributed by atoms with Gasteiger partial charge >= 0.3 is 5.97 Å². The highest BCUT2D eigenvalue weighted by Crippen LogP contribution is 2.42. The predicted molar refractivity (Wildman–Crippen MR) is 88.9 cm³/mol. The van der Waals surface area contributed by atoms with E-state index in [9.17, 15) is 19.1 Å². The highest BCUT2D eigenvalue weighted by Gasteiger charge is 2.36. The van der Waals surface area contributed by atoms with Crippen molar-refractivity contribution in [3.63, 3.8) is 0 Å². The largest absolute Gasteiger partial charge is 0.477 e. The lowest BCUT2D eigenvalue weighted by atomic mass is 9.78. The van der Waals surface area contributed by atoms with Crippen molar-refractivity contribution in [3.8, 4) is 0 Å². The topological polar surface area (TPSA) is 59.3 Å². The van der Waals surface area contributed by atoms with Gasteiger partial charge < -0.3 is 9.67 Å². The van der Waals surface area contributed by atoms with E-state index >= 15 is 0 Å². The lowest BCUT2D eigenvalue weighted by Gasteiger charge is -2.30. The maximum absolute atomic E-state index is 13.7. The van der Waals surface area contributed by atoms with Gasteiger partial charge in [-0.15, -0.1) is 0 Å². The summed E-state index contributed by atoms with van der Waals surface area (Å²) in [6.07, 6.45) is 5.40. The number of benzene rings is 1. The summed E-state index contributed by atoms with van der Waals surface area (Å²) in [4.78, 5) is 23.9. The highest BCUT2D eigenvalue weighted by molar-refractivity contribution is 5.88. The van der Waals surface area contributed by atoms with Crippen LogP contribution < -0.4 is 5.56 Å². The predicted octanol–water partition coefficient (Wildman–Crippen LogP) is 3.51. The van der Waals surface area contributed by atoms with Gasteiger partial charge in [-0.1, -0.05) is 25.0 Å². The lowest BCUT2D eigenvalue weighted by Crippen LogP contribution is -2.36. The summed E-state index contributed by atoms with van der Waals surface area (Å²) in [6.45, 7) is 1.99. The maximum Gasteiger partial charge on any atom is 0.341 e. The van der Waals surface area contributed by atoms with Crippen LogP contribution in [0.1, 0.15) is 47.2 Å². The molecule has 1 aromatic heterocycles. The molecule has 1 fully saturated rings. The van der Waals surface area contributed by atoms with Gasteiger partial charge in [-0.2, -0.15) is 0 Å². The van der Waals surface area contributed by atoms with Crippen LogP contribution in [0, 0.1) is 12.7 Å². The zero-order chi connectivity index (χ0) is 17.3. The standard InChI is InChI=1S/C19H20FNO3/c1-13-7-10-21(17(22)16(13)18(23)24)12-19(8-2-3-9-19)14-5-4-6-15(20)11-14/h4-7,10-11H,2-3,8-9,12H2,1H3,(H,23,24). The van der Waals surface area contributed by atoms with Crippen molar-refractivity contribution in [1.29, 1.82) is 0 Å². The van der Waals surface area contributed by atoms with Crippen LogP contribution in [0.25, 0.3) is 0 Å². The number of aryl methyl sites for hydroxylation is 1. The molecule has 0 unspecified atom stereocenters. The molecular weight excluding hydrogens is 309 g/mol. The van der Waals surface area contributed by atoms with Crippen LogP contribution >= 0.6 is 0 Å². The Labute approximate surface area is 139 Å². The van der Waals surface area contributed by atoms with E-state index in [-0.39, 0.29) is 16.8 Å². The number of carbonyl (C=O) groups is 1. The normalized spacial score (nSPS) is 16.2. The number of carboxylic acids is 1. The summed E-state index contributed by atoms with van der Waals surface area (Å²) in [6, 6.07) is 8.17. The molecule has 0 saturated heterocycles. The van der Waals surface area contributed by atoms with Gasteiger partial charge in [-0.3, -0.25) is 4.79 Å². The van der Waals surface area contributed by atoms with E-state index in [0.29, 0.717) is 12.1 Å². The van der Waals surface area contributed by atoms with E-state index in [4.69, 9.17) is 0 Å². The molecule has 1 aliphatic carbocycles. The monoisotopic (exact) mass is 329 g/mol. The first-order chi connectivity index (χ1) is 11.4. The van der Waals surface area contributed by atoms with Gasteiger partial charge in [0.05, 0.1) is 0 Å². The molecule has 1 heterocycles. The number of halogens is 1. The Bertz CT molecular complexity index is 835. The number of aromatic nitrogens is 1. The van der Waals surface area contributed by atoms with Gasteiger partial charge in [0.1, 0.15) is 11.4 Å². The quantitative estimate of drug-likeness (QED) is 0.934. The van der Waals surface area contributed by atoms with E-state index in [2.05, 4.69) is 0 Å². The number of rotatable bonds is 4. The Balaban J connectivity index is 2.06. The third-order valence-electron chi connectivity index (χ3n) is 5.06. The van der Waals surface area contributed by atoms with Gasteiger partial charge in [-0.25, -0.2) is 9.18 Å². The summed E-state index contributed by atoms with van der Waals surface area (Å²) >= 11 is 0. The second-order valence-corrected chi connectivity index (χ2v) is 6.61. The van der Waals surface area contributed by atoms with Crippen molar-refractivity contribution in [2.45, 2.75) is 44.6 Å². The van der Waals surface area contributed by atoms with Crippen molar-refractivity contribution in [1.82, 2.24) is 4.57 Å². The molecule has 0 aliphatic heterocycles. The Kier molecular flexibility index (Phi) is 4.26. The average molecular weight is 329 g/mol. The molecule has 0 spiro atoms. The van der Waals surface area contributed by atoms with Gasteiger partial charge in [0.25, 0.3) is 5.56 Å². The highest BCUT2D eigenvalue weighted by atomic mass is 19.1. The van der Waals surface area contributed by atoms with Crippen LogP contribution in [0.5, 0.6) is 0 Å². The molecule has 2 aromatic rings. The number of aromatic carboxylic acids is 1. The Morgan fingerprint density at radius 2 is 2.00 bits per heavy atom. The van der Waals surface area contributed by atoms with E-state index in [1.54, 1.807) is 25.3 Å². The van der Waals surface area contributed by atoms with E-state index < -0.39 is 11.5 Å². The fourth-order valence-corrected chi connectivity index (χ4v) is 3.78. The first-order valence-electron chi connectivity index (χ1n) is 8.12. The Morgan fingerprint density at radius 1 is 1.29 bits per heavy atom. The number of hydrogen-bond donors (Lipinski definition) is 1. The van der Waals surface area contributed by atoms with Crippen LogP contribution in [-0.4, -0.2) is 15.6 Å². The summed E-state index contributed by atoms with van der Waals surface area (Å²) in [7, 11) is 0. The van der Waals surface area contributed by atoms with Crippen molar-refractivity contribution in [2.75, 3.05) is 0 Å². The molecule has 0 bridgehead atoms. The molecule has 24 heavy (non-hydrogen) atoms. The first kappa shape index (κ1) is 16.4. The van der Waals surface area contributed by atoms with Crippen molar-refractivity contribution in [2.24, 2.45) is 0 Å². The van der Waals surface area contributed by atoms with Crippen LogP contribution in [0.3, 0.4) is 0 Å². The smallest absolute Gasteiger partial charge is 0.341 e. The van der Waals surface area contributed by atoms with Crippen LogP contribution in [0.15, 0.2) is 41.3 Å². The molecule has 1 aliphatic rings. The van der Waals surface area contributed by atoms with Crippen LogP contribution in [0.4, 0.5) is 4.39 Å². The fraction of sp³-hybridized carbons (Fsp3) is 0.368. The van der Waals surface area contributed by atoms with Gasteiger partial charge in [0, 0.05) is 18.2 Å². The third kappa shape index (κ3) is 2.86. The Hall–Kier alpha value is -2.43. The Morgan fingerprint density at radius 3 is 2.62 bits per heavy atom. The second-order valence-electron chi connectivity index (χ2n) is 6.61. The molecule has 5 heteroatoms. The molecular formula is C19H20FNO3. The number of carboxylic acid groups (broad SMARTS) is 1. The molecule has 1 N–H and O–H groups in total. The minimum atomic E-state index is -1.21. The SMILES string of the molecule is Cc1ccn(CC2(c3cccc(F)c3)CCCC2)c(=O)c1C(=O)O. The molecule has 3 rings (SSSR count). The van der Waals surface area contributed by atoms with Gasteiger partial charge in [0.2, 0.25) is 0 Å². The minimum Gasteiger partial charge on any atom is -0.477 e. The van der Waals surface area contributed by atoms with Crippen molar-refractivity contribution >= 4 is 5.97 Å². The first-order valence-corrected chi connectivity index (χ1v) is 8.12. The molecule has 0 atom stereocenters. The van der Waals surface area contributed by atoms with Crippen molar-refractivity contribution in [3.05, 3.63) is 69.4 Å². The zero-order valence-corrected chi connectivity index (χ0v) is 13.6. The number of pyridine rings is 1. The summed E-state index contributed by atoms with van der Waals surface area (Å²) in [5.41, 5.74) is 0.325. The third-order valence-corrected chi connectivity index (χ3v) is 5.06. The van der Waals surface area contributed by atoms with Gasteiger partial charge in [0.15, 0.2) is 0 Å². The molecule has 1 aromatic carbocycles. The molecule has 0 amide bonds. The fourth-order valence-electron chi connectivity index (χ4n) is 3.78. The molecule has 1 saturated carbocycles. The second kappa shape index (κ2) is 6.23. The van der Waals surface area contributed by atoms with Crippen LogP contribution in [0.2, 0.25) is 0 Å².